The minimum Gasteiger partial charge on any atom is -1.00 e. The number of nitrogens with two attached hydrogens (primary N) is 1. The van der Waals surface area contributed by atoms with Gasteiger partial charge >= 0.3 is 29.6 Å². The summed E-state index contributed by atoms with van der Waals surface area (Å²) in [5.41, 5.74) is 9.95. The first-order valence-corrected chi connectivity index (χ1v) is 21.4. The summed E-state index contributed by atoms with van der Waals surface area (Å²) in [6, 6.07) is 28.9. The number of benzene rings is 3. The van der Waals surface area contributed by atoms with E-state index in [-0.39, 0.29) is 81.3 Å². The predicted molar refractivity (Wildman–Crippen MR) is 248 cm³/mol. The third-order valence-electron chi connectivity index (χ3n) is 10.7. The molecule has 341 valence electrons. The number of aryl methyl sites for hydroxylation is 2. The number of carbonyl (C=O) groups is 3. The number of aldehydes is 1. The van der Waals surface area contributed by atoms with Crippen molar-refractivity contribution in [2.24, 2.45) is 19.8 Å². The van der Waals surface area contributed by atoms with Crippen LogP contribution < -0.4 is 45.9 Å². The molecule has 16 nitrogen and oxygen atoms in total. The summed E-state index contributed by atoms with van der Waals surface area (Å²) in [5.74, 6) is 2.31. The summed E-state index contributed by atoms with van der Waals surface area (Å²) >= 11 is 0. The molecule has 0 spiro atoms. The first-order chi connectivity index (χ1) is 30.9. The molecule has 0 aliphatic carbocycles. The average Bonchev–Trinajstić information content (AvgIpc) is 4.16. The van der Waals surface area contributed by atoms with Crippen molar-refractivity contribution in [1.29, 1.82) is 0 Å². The number of nitrogens with one attached hydrogen (secondary N) is 2. The molecular formula is C48H60BN11NaO5. The van der Waals surface area contributed by atoms with E-state index >= 15 is 0 Å². The number of nitrogens with zero attached hydrogens (tertiary/aromatic N) is 8. The zero-order valence-corrected chi connectivity index (χ0v) is 41.2. The predicted octanol–water partition coefficient (Wildman–Crippen LogP) is 4.18. The van der Waals surface area contributed by atoms with Crippen LogP contribution in [0, 0.1) is 0 Å². The quantitative estimate of drug-likeness (QED) is 0.0627. The van der Waals surface area contributed by atoms with E-state index in [9.17, 15) is 14.4 Å². The number of hydrogen-bond acceptors (Lipinski definition) is 13. The smallest absolute Gasteiger partial charge is 1.00 e. The number of hydrogen-bond donors (Lipinski definition) is 3. The number of aromatic nitrogens is 8. The zero-order valence-electron chi connectivity index (χ0n) is 40.2. The summed E-state index contributed by atoms with van der Waals surface area (Å²) in [4.78, 5) is 43.8. The average molecular weight is 905 g/mol. The van der Waals surface area contributed by atoms with Crippen LogP contribution in [0.4, 0.5) is 0 Å². The SMILES string of the molecule is CC[C@H](C)c1noc([C@@H](N)CC(=O)NC(c2ccccc2)(c2ccccc2)c2ccccc2)n1.CC[C@H](C)c1noc([C@H](CC(C)=O)NCc2cnn(C)c2)n1.Cn1cc(C=O)cn1.[B].[H-].[Na+]. The Balaban J connectivity index is 0.000000401. The van der Waals surface area contributed by atoms with Gasteiger partial charge in [0.15, 0.2) is 17.9 Å². The summed E-state index contributed by atoms with van der Waals surface area (Å²) in [7, 11) is 3.64. The van der Waals surface area contributed by atoms with E-state index in [0.29, 0.717) is 36.1 Å². The number of ketones is 1. The molecule has 0 aliphatic heterocycles. The monoisotopic (exact) mass is 904 g/mol. The van der Waals surface area contributed by atoms with E-state index in [2.05, 4.69) is 61.9 Å². The van der Waals surface area contributed by atoms with Crippen molar-refractivity contribution in [3.8, 4) is 0 Å². The molecule has 7 aromatic rings. The van der Waals surface area contributed by atoms with Crippen LogP contribution in [0.1, 0.15) is 142 Å². The van der Waals surface area contributed by atoms with Gasteiger partial charge < -0.3 is 26.8 Å². The van der Waals surface area contributed by atoms with E-state index in [1.807, 2.05) is 111 Å². The van der Waals surface area contributed by atoms with Gasteiger partial charge in [0.2, 0.25) is 17.7 Å². The van der Waals surface area contributed by atoms with Crippen molar-refractivity contribution >= 4 is 26.4 Å². The summed E-state index contributed by atoms with van der Waals surface area (Å²) < 4.78 is 14.0. The molecule has 4 atom stereocenters. The molecule has 3 radical (unpaired) electrons. The molecule has 0 aliphatic rings. The Morgan fingerprint density at radius 3 is 1.64 bits per heavy atom. The zero-order chi connectivity index (χ0) is 46.1. The van der Waals surface area contributed by atoms with Crippen molar-refractivity contribution in [2.75, 3.05) is 0 Å². The number of rotatable bonds is 18. The Morgan fingerprint density at radius 1 is 0.758 bits per heavy atom. The first-order valence-electron chi connectivity index (χ1n) is 21.4. The summed E-state index contributed by atoms with van der Waals surface area (Å²) in [6.45, 7) is 10.4. The van der Waals surface area contributed by atoms with Crippen LogP contribution in [0.5, 0.6) is 0 Å². The first kappa shape index (κ1) is 54.5. The molecule has 3 aromatic carbocycles. The van der Waals surface area contributed by atoms with E-state index in [1.54, 1.807) is 35.7 Å². The van der Waals surface area contributed by atoms with Gasteiger partial charge in [0.05, 0.1) is 36.5 Å². The van der Waals surface area contributed by atoms with E-state index in [4.69, 9.17) is 14.8 Å². The van der Waals surface area contributed by atoms with E-state index in [0.717, 1.165) is 41.4 Å². The van der Waals surface area contributed by atoms with Gasteiger partial charge in [0, 0.05) is 65.3 Å². The minimum absolute atomic E-state index is 0. The van der Waals surface area contributed by atoms with Gasteiger partial charge in [-0.3, -0.25) is 23.7 Å². The normalized spacial score (nSPS) is 12.6. The molecule has 18 heteroatoms. The van der Waals surface area contributed by atoms with Crippen LogP contribution in [-0.2, 0) is 35.8 Å². The van der Waals surface area contributed by atoms with Crippen LogP contribution in [-0.4, -0.2) is 66.2 Å². The van der Waals surface area contributed by atoms with Crippen molar-refractivity contribution in [3.63, 3.8) is 0 Å². The van der Waals surface area contributed by atoms with Crippen molar-refractivity contribution in [1.82, 2.24) is 50.5 Å². The number of amides is 1. The maximum absolute atomic E-state index is 13.5. The molecule has 4 heterocycles. The van der Waals surface area contributed by atoms with Crippen LogP contribution in [0.3, 0.4) is 0 Å². The molecule has 66 heavy (non-hydrogen) atoms. The van der Waals surface area contributed by atoms with Crippen molar-refractivity contribution < 1.29 is 54.4 Å². The Morgan fingerprint density at radius 2 is 1.23 bits per heavy atom. The van der Waals surface area contributed by atoms with Crippen LogP contribution >= 0.6 is 0 Å². The number of carbonyl (C=O) groups excluding carboxylic acids is 3. The Hall–Kier alpha value is -5.85. The molecule has 0 saturated heterocycles. The summed E-state index contributed by atoms with van der Waals surface area (Å²) in [5, 5.41) is 22.6. The van der Waals surface area contributed by atoms with Crippen molar-refractivity contribution in [3.05, 3.63) is 167 Å². The van der Waals surface area contributed by atoms with Gasteiger partial charge in [0.1, 0.15) is 11.3 Å². The Bertz CT molecular complexity index is 2410. The van der Waals surface area contributed by atoms with Crippen LogP contribution in [0.2, 0.25) is 0 Å². The van der Waals surface area contributed by atoms with E-state index in [1.165, 1.54) is 6.20 Å². The molecule has 0 bridgehead atoms. The van der Waals surface area contributed by atoms with Gasteiger partial charge in [-0.15, -0.1) is 0 Å². The fourth-order valence-corrected chi connectivity index (χ4v) is 6.72. The Kier molecular flexibility index (Phi) is 22.3. The maximum Gasteiger partial charge on any atom is 1.00 e. The van der Waals surface area contributed by atoms with E-state index < -0.39 is 11.6 Å². The van der Waals surface area contributed by atoms with Crippen molar-refractivity contribution in [2.45, 2.75) is 96.3 Å². The number of Topliss-reactive ketones (excluding diaryl/α,β-unsaturated/α-hetero) is 1. The topological polar surface area (TPSA) is 215 Å². The van der Waals surface area contributed by atoms with Gasteiger partial charge in [-0.2, -0.15) is 20.2 Å². The second-order valence-corrected chi connectivity index (χ2v) is 15.7. The second kappa shape index (κ2) is 27.0. The molecule has 0 fully saturated rings. The van der Waals surface area contributed by atoms with Crippen LogP contribution in [0.15, 0.2) is 125 Å². The largest absolute Gasteiger partial charge is 1.00 e. The van der Waals surface area contributed by atoms with Crippen LogP contribution in [0.25, 0.3) is 0 Å². The molecule has 0 unspecified atom stereocenters. The summed E-state index contributed by atoms with van der Waals surface area (Å²) in [6.07, 6.45) is 9.83. The maximum atomic E-state index is 13.5. The third-order valence-corrected chi connectivity index (χ3v) is 10.7. The molecule has 4 aromatic heterocycles. The van der Waals surface area contributed by atoms with Gasteiger partial charge in [-0.1, -0.05) is 129 Å². The molecule has 4 N–H and O–H groups in total. The fourth-order valence-electron chi connectivity index (χ4n) is 6.72. The molecule has 7 rings (SSSR count). The molecule has 1 amide bonds. The Labute approximate surface area is 412 Å². The van der Waals surface area contributed by atoms with Gasteiger partial charge in [-0.25, -0.2) is 0 Å². The molecule has 0 saturated carbocycles. The van der Waals surface area contributed by atoms with Gasteiger partial charge in [-0.05, 0) is 36.5 Å². The fraction of sp³-hybridized carbons (Fsp3) is 0.354. The minimum atomic E-state index is -0.892. The molecular weight excluding hydrogens is 844 g/mol. The van der Waals surface area contributed by atoms with Gasteiger partial charge in [0.25, 0.3) is 0 Å². The third kappa shape index (κ3) is 15.1. The standard InChI is InChI=1S/C28H30N4O2.C15H23N5O2.C5H6N2O.B.Na.H/c1-3-20(2)26-30-27(34-32-26)24(29)19-25(33)31-28(21-13-7-4-8-14-21,22-15-9-5-10-16-22)23-17-11-6-12-18-23;1-5-10(2)14-18-15(22-19-14)13(6-11(3)21)16-7-12-8-17-20(4)9-12;1-7-3-5(4-8)2-6-7;;;/h4-18,20,24H,3,19,29H2,1-2H3,(H,31,33);8-10,13,16H,5-7H2,1-4H3;2-4H,1H3;;;/q;;;;+1;-1/t20-,24-;10-,13-;;;;/m00..../s1. The second-order valence-electron chi connectivity index (χ2n) is 15.7.